The minimum atomic E-state index is 0.453. The Bertz CT molecular complexity index is 173. The lowest BCUT2D eigenvalue weighted by atomic mass is 10.0. The Morgan fingerprint density at radius 1 is 1.44 bits per heavy atom. The summed E-state index contributed by atoms with van der Waals surface area (Å²) in [6.45, 7) is 9.01. The predicted molar refractivity (Wildman–Crippen MR) is 68.8 cm³/mol. The zero-order valence-electron chi connectivity index (χ0n) is 11.2. The molecule has 0 radical (unpaired) electrons. The average molecular weight is 228 g/mol. The van der Waals surface area contributed by atoms with Crippen LogP contribution in [-0.2, 0) is 4.74 Å². The third-order valence-corrected chi connectivity index (χ3v) is 3.51. The van der Waals surface area contributed by atoms with Crippen molar-refractivity contribution >= 4 is 0 Å². The minimum absolute atomic E-state index is 0.453. The van der Waals surface area contributed by atoms with Crippen LogP contribution in [-0.4, -0.2) is 50.3 Å². The lowest BCUT2D eigenvalue weighted by Crippen LogP contribution is -2.49. The predicted octanol–water partition coefficient (Wildman–Crippen LogP) is 1.88. The third-order valence-electron chi connectivity index (χ3n) is 3.51. The van der Waals surface area contributed by atoms with E-state index in [4.69, 9.17) is 4.74 Å². The number of ether oxygens (including phenoxy) is 1. The summed E-state index contributed by atoms with van der Waals surface area (Å²) in [7, 11) is 1.84. The van der Waals surface area contributed by atoms with Crippen LogP contribution in [0.25, 0.3) is 0 Å². The van der Waals surface area contributed by atoms with Crippen LogP contribution in [0.4, 0.5) is 0 Å². The smallest absolute Gasteiger partial charge is 0.0698 e. The summed E-state index contributed by atoms with van der Waals surface area (Å²) in [5, 5.41) is 3.48. The Labute approximate surface area is 101 Å². The number of hydrogen-bond acceptors (Lipinski definition) is 3. The van der Waals surface area contributed by atoms with Gasteiger partial charge in [0.25, 0.3) is 0 Å². The van der Waals surface area contributed by atoms with Gasteiger partial charge in [0.05, 0.1) is 6.10 Å². The molecule has 0 amide bonds. The van der Waals surface area contributed by atoms with Crippen LogP contribution in [0.3, 0.4) is 0 Å². The number of rotatable bonds is 7. The van der Waals surface area contributed by atoms with Gasteiger partial charge in [-0.2, -0.15) is 0 Å². The van der Waals surface area contributed by atoms with Gasteiger partial charge in [0, 0.05) is 26.2 Å². The summed E-state index contributed by atoms with van der Waals surface area (Å²) >= 11 is 0. The molecule has 0 bridgehead atoms. The maximum atomic E-state index is 5.49. The third kappa shape index (κ3) is 4.40. The summed E-state index contributed by atoms with van der Waals surface area (Å²) < 4.78 is 5.49. The molecule has 3 heteroatoms. The SMILES string of the molecule is CCCC(CNCC)N1CCCC(OC)C1. The molecule has 1 aliphatic rings. The molecule has 0 saturated carbocycles. The van der Waals surface area contributed by atoms with Gasteiger partial charge in [-0.3, -0.25) is 4.90 Å². The van der Waals surface area contributed by atoms with Gasteiger partial charge in [-0.25, -0.2) is 0 Å². The van der Waals surface area contributed by atoms with Gasteiger partial charge < -0.3 is 10.1 Å². The van der Waals surface area contributed by atoms with E-state index in [1.165, 1.54) is 32.2 Å². The van der Waals surface area contributed by atoms with Gasteiger partial charge in [0.1, 0.15) is 0 Å². The van der Waals surface area contributed by atoms with Crippen molar-refractivity contribution < 1.29 is 4.74 Å². The highest BCUT2D eigenvalue weighted by Crippen LogP contribution is 2.17. The van der Waals surface area contributed by atoms with Crippen LogP contribution in [0.15, 0.2) is 0 Å². The van der Waals surface area contributed by atoms with E-state index in [0.717, 1.165) is 19.6 Å². The Hall–Kier alpha value is -0.120. The van der Waals surface area contributed by atoms with Crippen LogP contribution in [0.5, 0.6) is 0 Å². The van der Waals surface area contributed by atoms with E-state index >= 15 is 0 Å². The van der Waals surface area contributed by atoms with Gasteiger partial charge in [-0.15, -0.1) is 0 Å². The van der Waals surface area contributed by atoms with E-state index in [9.17, 15) is 0 Å². The van der Waals surface area contributed by atoms with Gasteiger partial charge in [-0.1, -0.05) is 20.3 Å². The van der Waals surface area contributed by atoms with Gasteiger partial charge in [-0.05, 0) is 32.4 Å². The molecule has 3 nitrogen and oxygen atoms in total. The number of methoxy groups -OCH3 is 1. The molecule has 1 rings (SSSR count). The normalized spacial score (nSPS) is 24.6. The van der Waals surface area contributed by atoms with Crippen LogP contribution in [0.2, 0.25) is 0 Å². The first-order valence-corrected chi connectivity index (χ1v) is 6.79. The molecule has 16 heavy (non-hydrogen) atoms. The zero-order chi connectivity index (χ0) is 11.8. The second kappa shape index (κ2) is 8.04. The van der Waals surface area contributed by atoms with Gasteiger partial charge in [0.2, 0.25) is 0 Å². The largest absolute Gasteiger partial charge is 0.380 e. The highest BCUT2D eigenvalue weighted by Gasteiger charge is 2.24. The van der Waals surface area contributed by atoms with Crippen LogP contribution >= 0.6 is 0 Å². The van der Waals surface area contributed by atoms with Crippen LogP contribution < -0.4 is 5.32 Å². The maximum absolute atomic E-state index is 5.49. The van der Waals surface area contributed by atoms with Gasteiger partial charge in [0.15, 0.2) is 0 Å². The van der Waals surface area contributed by atoms with E-state index in [-0.39, 0.29) is 0 Å². The fraction of sp³-hybridized carbons (Fsp3) is 1.00. The van der Waals surface area contributed by atoms with E-state index in [1.54, 1.807) is 0 Å². The second-order valence-electron chi connectivity index (χ2n) is 4.75. The quantitative estimate of drug-likeness (QED) is 0.720. The average Bonchev–Trinajstić information content (AvgIpc) is 2.34. The second-order valence-corrected chi connectivity index (χ2v) is 4.75. The van der Waals surface area contributed by atoms with Crippen molar-refractivity contribution in [3.63, 3.8) is 0 Å². The highest BCUT2D eigenvalue weighted by molar-refractivity contribution is 4.80. The fourth-order valence-electron chi connectivity index (χ4n) is 2.55. The van der Waals surface area contributed by atoms with Crippen molar-refractivity contribution in [3.8, 4) is 0 Å². The molecule has 1 N–H and O–H groups in total. The molecule has 0 aromatic heterocycles. The molecule has 0 spiro atoms. The lowest BCUT2D eigenvalue weighted by molar-refractivity contribution is 0.0130. The Morgan fingerprint density at radius 2 is 2.25 bits per heavy atom. The van der Waals surface area contributed by atoms with Crippen LogP contribution in [0.1, 0.15) is 39.5 Å². The molecule has 0 aromatic carbocycles. The monoisotopic (exact) mass is 228 g/mol. The molecule has 2 unspecified atom stereocenters. The van der Waals surface area contributed by atoms with E-state index in [0.29, 0.717) is 12.1 Å². The van der Waals surface area contributed by atoms with E-state index in [1.807, 2.05) is 7.11 Å². The van der Waals surface area contributed by atoms with E-state index in [2.05, 4.69) is 24.1 Å². The Balaban J connectivity index is 2.41. The zero-order valence-corrected chi connectivity index (χ0v) is 11.2. The van der Waals surface area contributed by atoms with Crippen molar-refractivity contribution in [1.82, 2.24) is 10.2 Å². The van der Waals surface area contributed by atoms with Crippen molar-refractivity contribution in [2.24, 2.45) is 0 Å². The summed E-state index contributed by atoms with van der Waals surface area (Å²) in [5.41, 5.74) is 0. The Morgan fingerprint density at radius 3 is 2.88 bits per heavy atom. The topological polar surface area (TPSA) is 24.5 Å². The van der Waals surface area contributed by atoms with Crippen LogP contribution in [0, 0.1) is 0 Å². The van der Waals surface area contributed by atoms with E-state index < -0.39 is 0 Å². The first-order chi connectivity index (χ1) is 7.81. The molecule has 1 aliphatic heterocycles. The number of likely N-dealkylation sites (N-methyl/N-ethyl adjacent to an activating group) is 1. The fourth-order valence-corrected chi connectivity index (χ4v) is 2.55. The summed E-state index contributed by atoms with van der Waals surface area (Å²) in [5.74, 6) is 0. The molecule has 0 aromatic rings. The van der Waals surface area contributed by atoms with Crippen molar-refractivity contribution in [2.45, 2.75) is 51.7 Å². The lowest BCUT2D eigenvalue weighted by Gasteiger charge is -2.38. The highest BCUT2D eigenvalue weighted by atomic mass is 16.5. The molecule has 96 valence electrons. The summed E-state index contributed by atoms with van der Waals surface area (Å²) in [4.78, 5) is 2.61. The number of nitrogens with zero attached hydrogens (tertiary/aromatic N) is 1. The molecule has 1 heterocycles. The molecule has 2 atom stereocenters. The van der Waals surface area contributed by atoms with Crippen molar-refractivity contribution in [3.05, 3.63) is 0 Å². The number of likely N-dealkylation sites (tertiary alicyclic amines) is 1. The number of nitrogens with one attached hydrogen (secondary N) is 1. The molecular formula is C13H28N2O. The first-order valence-electron chi connectivity index (χ1n) is 6.79. The van der Waals surface area contributed by atoms with Crippen molar-refractivity contribution in [1.29, 1.82) is 0 Å². The Kier molecular flexibility index (Phi) is 7.01. The van der Waals surface area contributed by atoms with Gasteiger partial charge >= 0.3 is 0 Å². The van der Waals surface area contributed by atoms with Crippen molar-refractivity contribution in [2.75, 3.05) is 33.3 Å². The standard InChI is InChI=1S/C13H28N2O/c1-4-7-12(10-14-5-2)15-9-6-8-13(11-15)16-3/h12-14H,4-11H2,1-3H3. The minimum Gasteiger partial charge on any atom is -0.380 e. The molecule has 0 aliphatic carbocycles. The number of hydrogen-bond donors (Lipinski definition) is 1. The molecule has 1 fully saturated rings. The summed E-state index contributed by atoms with van der Waals surface area (Å²) in [6, 6.07) is 0.697. The maximum Gasteiger partial charge on any atom is 0.0698 e. The first kappa shape index (κ1) is 13.9. The molecule has 1 saturated heterocycles. The number of piperidine rings is 1. The summed E-state index contributed by atoms with van der Waals surface area (Å²) in [6.07, 6.45) is 5.53. The molecular weight excluding hydrogens is 200 g/mol.